The van der Waals surface area contributed by atoms with Gasteiger partial charge in [0.15, 0.2) is 0 Å². The normalized spacial score (nSPS) is 19.1. The third-order valence-corrected chi connectivity index (χ3v) is 3.42. The Bertz CT molecular complexity index is 343. The molecule has 0 radical (unpaired) electrons. The van der Waals surface area contributed by atoms with Crippen LogP contribution in [0.1, 0.15) is 39.0 Å². The van der Waals surface area contributed by atoms with Gasteiger partial charge in [-0.25, -0.2) is 4.98 Å². The van der Waals surface area contributed by atoms with E-state index in [-0.39, 0.29) is 5.54 Å². The Balaban J connectivity index is 2.07. The highest BCUT2D eigenvalue weighted by Gasteiger charge is 2.26. The fourth-order valence-corrected chi connectivity index (χ4v) is 2.45. The molecule has 1 saturated carbocycles. The molecule has 1 aliphatic rings. The molecule has 2 N–H and O–H groups in total. The highest BCUT2D eigenvalue weighted by molar-refractivity contribution is 5.52. The van der Waals surface area contributed by atoms with Gasteiger partial charge in [-0.2, -0.15) is 0 Å². The number of pyridine rings is 1. The molecule has 1 heterocycles. The third kappa shape index (κ3) is 2.65. The lowest BCUT2D eigenvalue weighted by molar-refractivity contribution is 0.349. The SMILES string of the molecule is CNc1cc(NC2(C)CCCCC2)ccn1. The topological polar surface area (TPSA) is 37.0 Å². The summed E-state index contributed by atoms with van der Waals surface area (Å²) in [5.74, 6) is 0.921. The number of rotatable bonds is 3. The predicted molar refractivity (Wildman–Crippen MR) is 68.9 cm³/mol. The zero-order chi connectivity index (χ0) is 11.4. The summed E-state index contributed by atoms with van der Waals surface area (Å²) in [7, 11) is 1.90. The number of nitrogens with zero attached hydrogens (tertiary/aromatic N) is 1. The van der Waals surface area contributed by atoms with Gasteiger partial charge in [-0.3, -0.25) is 0 Å². The lowest BCUT2D eigenvalue weighted by Gasteiger charge is -2.35. The van der Waals surface area contributed by atoms with Crippen LogP contribution in [-0.2, 0) is 0 Å². The third-order valence-electron chi connectivity index (χ3n) is 3.42. The van der Waals surface area contributed by atoms with Gasteiger partial charge in [-0.15, -0.1) is 0 Å². The number of anilines is 2. The first kappa shape index (κ1) is 11.2. The van der Waals surface area contributed by atoms with E-state index in [4.69, 9.17) is 0 Å². The van der Waals surface area contributed by atoms with Gasteiger partial charge in [0.25, 0.3) is 0 Å². The molecule has 0 aliphatic heterocycles. The lowest BCUT2D eigenvalue weighted by atomic mass is 9.83. The van der Waals surface area contributed by atoms with Crippen LogP contribution < -0.4 is 10.6 Å². The highest BCUT2D eigenvalue weighted by Crippen LogP contribution is 2.31. The molecule has 0 atom stereocenters. The summed E-state index contributed by atoms with van der Waals surface area (Å²) >= 11 is 0. The second-order valence-electron chi connectivity index (χ2n) is 4.93. The summed E-state index contributed by atoms with van der Waals surface area (Å²) in [6.45, 7) is 2.33. The summed E-state index contributed by atoms with van der Waals surface area (Å²) in [4.78, 5) is 4.22. The summed E-state index contributed by atoms with van der Waals surface area (Å²) < 4.78 is 0. The Labute approximate surface area is 97.7 Å². The molecule has 3 heteroatoms. The van der Waals surface area contributed by atoms with Crippen molar-refractivity contribution in [1.82, 2.24) is 4.98 Å². The average molecular weight is 219 g/mol. The van der Waals surface area contributed by atoms with Crippen LogP contribution >= 0.6 is 0 Å². The quantitative estimate of drug-likeness (QED) is 0.819. The Morgan fingerprint density at radius 2 is 2.00 bits per heavy atom. The molecule has 0 bridgehead atoms. The molecule has 2 rings (SSSR count). The first-order valence-corrected chi connectivity index (χ1v) is 6.14. The maximum Gasteiger partial charge on any atom is 0.127 e. The Hall–Kier alpha value is -1.25. The van der Waals surface area contributed by atoms with Crippen molar-refractivity contribution in [1.29, 1.82) is 0 Å². The minimum absolute atomic E-state index is 0.268. The Kier molecular flexibility index (Phi) is 3.32. The fourth-order valence-electron chi connectivity index (χ4n) is 2.45. The van der Waals surface area contributed by atoms with Crippen molar-refractivity contribution in [2.75, 3.05) is 17.7 Å². The molecule has 0 unspecified atom stereocenters. The number of nitrogens with one attached hydrogen (secondary N) is 2. The Morgan fingerprint density at radius 1 is 1.25 bits per heavy atom. The van der Waals surface area contributed by atoms with E-state index in [0.29, 0.717) is 0 Å². The van der Waals surface area contributed by atoms with Crippen molar-refractivity contribution in [2.45, 2.75) is 44.6 Å². The molecular weight excluding hydrogens is 198 g/mol. The predicted octanol–water partition coefficient (Wildman–Crippen LogP) is 3.26. The minimum Gasteiger partial charge on any atom is -0.380 e. The van der Waals surface area contributed by atoms with Crippen molar-refractivity contribution in [2.24, 2.45) is 0 Å². The van der Waals surface area contributed by atoms with E-state index in [1.165, 1.54) is 37.8 Å². The van der Waals surface area contributed by atoms with Crippen LogP contribution in [0.15, 0.2) is 18.3 Å². The molecule has 1 aliphatic carbocycles. The molecular formula is C13H21N3. The summed E-state index contributed by atoms with van der Waals surface area (Å²) in [5.41, 5.74) is 1.44. The summed E-state index contributed by atoms with van der Waals surface area (Å²) in [6.07, 6.45) is 8.45. The van der Waals surface area contributed by atoms with Gasteiger partial charge < -0.3 is 10.6 Å². The summed E-state index contributed by atoms with van der Waals surface area (Å²) in [6, 6.07) is 4.11. The van der Waals surface area contributed by atoms with Gasteiger partial charge in [0.2, 0.25) is 0 Å². The van der Waals surface area contributed by atoms with E-state index in [1.54, 1.807) is 0 Å². The van der Waals surface area contributed by atoms with Crippen molar-refractivity contribution in [3.63, 3.8) is 0 Å². The molecule has 0 saturated heterocycles. The van der Waals surface area contributed by atoms with Crippen LogP contribution in [0, 0.1) is 0 Å². The van der Waals surface area contributed by atoms with Crippen LogP contribution in [0.2, 0.25) is 0 Å². The maximum absolute atomic E-state index is 4.22. The smallest absolute Gasteiger partial charge is 0.127 e. The molecule has 0 amide bonds. The molecule has 1 aromatic heterocycles. The largest absolute Gasteiger partial charge is 0.380 e. The van der Waals surface area contributed by atoms with E-state index in [9.17, 15) is 0 Å². The molecule has 3 nitrogen and oxygen atoms in total. The van der Waals surface area contributed by atoms with Gasteiger partial charge in [-0.1, -0.05) is 19.3 Å². The maximum atomic E-state index is 4.22. The molecule has 88 valence electrons. The van der Waals surface area contributed by atoms with Crippen LogP contribution in [-0.4, -0.2) is 17.6 Å². The van der Waals surface area contributed by atoms with Crippen LogP contribution in [0.5, 0.6) is 0 Å². The van der Waals surface area contributed by atoms with Gasteiger partial charge in [-0.05, 0) is 25.8 Å². The van der Waals surface area contributed by atoms with Crippen molar-refractivity contribution in [3.05, 3.63) is 18.3 Å². The average Bonchev–Trinajstić information content (AvgIpc) is 2.29. The van der Waals surface area contributed by atoms with Gasteiger partial charge in [0, 0.05) is 30.5 Å². The van der Waals surface area contributed by atoms with Gasteiger partial charge in [0.1, 0.15) is 5.82 Å². The molecule has 0 spiro atoms. The van der Waals surface area contributed by atoms with Crippen molar-refractivity contribution in [3.8, 4) is 0 Å². The standard InChI is InChI=1S/C13H21N3/c1-13(7-4-3-5-8-13)16-11-6-9-15-12(10-11)14-2/h6,9-10H,3-5,7-8H2,1-2H3,(H2,14,15,16). The van der Waals surface area contributed by atoms with Crippen molar-refractivity contribution >= 4 is 11.5 Å². The summed E-state index contributed by atoms with van der Waals surface area (Å²) in [5, 5.41) is 6.72. The molecule has 16 heavy (non-hydrogen) atoms. The highest BCUT2D eigenvalue weighted by atomic mass is 15.0. The van der Waals surface area contributed by atoms with Crippen LogP contribution in [0.3, 0.4) is 0 Å². The van der Waals surface area contributed by atoms with Crippen LogP contribution in [0.25, 0.3) is 0 Å². The second-order valence-corrected chi connectivity index (χ2v) is 4.93. The van der Waals surface area contributed by atoms with Gasteiger partial charge in [0.05, 0.1) is 0 Å². The van der Waals surface area contributed by atoms with E-state index < -0.39 is 0 Å². The lowest BCUT2D eigenvalue weighted by Crippen LogP contribution is -2.36. The van der Waals surface area contributed by atoms with Crippen molar-refractivity contribution < 1.29 is 0 Å². The second kappa shape index (κ2) is 4.73. The Morgan fingerprint density at radius 3 is 2.69 bits per heavy atom. The van der Waals surface area contributed by atoms with Crippen LogP contribution in [0.4, 0.5) is 11.5 Å². The molecule has 0 aromatic carbocycles. The van der Waals surface area contributed by atoms with E-state index in [0.717, 1.165) is 5.82 Å². The zero-order valence-corrected chi connectivity index (χ0v) is 10.2. The number of hydrogen-bond acceptors (Lipinski definition) is 3. The number of hydrogen-bond donors (Lipinski definition) is 2. The number of aromatic nitrogens is 1. The fraction of sp³-hybridized carbons (Fsp3) is 0.615. The molecule has 1 aromatic rings. The minimum atomic E-state index is 0.268. The van der Waals surface area contributed by atoms with E-state index >= 15 is 0 Å². The van der Waals surface area contributed by atoms with Gasteiger partial charge >= 0.3 is 0 Å². The molecule has 1 fully saturated rings. The van der Waals surface area contributed by atoms with E-state index in [2.05, 4.69) is 28.6 Å². The first-order valence-electron chi connectivity index (χ1n) is 6.14. The monoisotopic (exact) mass is 219 g/mol. The first-order chi connectivity index (χ1) is 7.72. The van der Waals surface area contributed by atoms with E-state index in [1.807, 2.05) is 19.3 Å². The zero-order valence-electron chi connectivity index (χ0n) is 10.2.